The number of carbonyl (C=O) groups excluding carboxylic acids is 2. The van der Waals surface area contributed by atoms with Gasteiger partial charge in [-0.1, -0.05) is 22.9 Å². The van der Waals surface area contributed by atoms with Crippen LogP contribution in [-0.4, -0.2) is 61.3 Å². The Morgan fingerprint density at radius 2 is 2.13 bits per heavy atom. The van der Waals surface area contributed by atoms with Gasteiger partial charge >= 0.3 is 0 Å². The minimum Gasteiger partial charge on any atom is -0.396 e. The number of aliphatic hydroxyl groups is 1. The van der Waals surface area contributed by atoms with E-state index in [0.29, 0.717) is 34.5 Å². The van der Waals surface area contributed by atoms with Crippen molar-refractivity contribution in [3.05, 3.63) is 64.6 Å². The minimum absolute atomic E-state index is 0.0797. The molecule has 1 fully saturated rings. The Balaban J connectivity index is 1.43. The molecule has 39 heavy (non-hydrogen) atoms. The summed E-state index contributed by atoms with van der Waals surface area (Å²) in [6, 6.07) is 9.16. The molecule has 9 nitrogen and oxygen atoms in total. The average Bonchev–Trinajstić information content (AvgIpc) is 3.53. The number of aromatic nitrogens is 4. The van der Waals surface area contributed by atoms with Crippen LogP contribution in [-0.2, 0) is 17.6 Å². The van der Waals surface area contributed by atoms with Crippen LogP contribution in [0.4, 0.5) is 5.13 Å². The van der Waals surface area contributed by atoms with E-state index in [1.807, 2.05) is 22.9 Å². The minimum atomic E-state index is -0.173. The Kier molecular flexibility index (Phi) is 6.92. The summed E-state index contributed by atoms with van der Waals surface area (Å²) in [6.45, 7) is 2.75. The first-order valence-corrected chi connectivity index (χ1v) is 14.1. The molecule has 1 unspecified atom stereocenters. The van der Waals surface area contributed by atoms with Gasteiger partial charge in [0.1, 0.15) is 0 Å². The number of amides is 2. The van der Waals surface area contributed by atoms with Crippen LogP contribution < -0.4 is 5.32 Å². The number of pyridine rings is 1. The van der Waals surface area contributed by atoms with E-state index in [4.69, 9.17) is 16.7 Å². The number of anilines is 1. The molecule has 2 amide bonds. The Morgan fingerprint density at radius 3 is 2.87 bits per heavy atom. The van der Waals surface area contributed by atoms with E-state index in [1.54, 1.807) is 29.4 Å². The molecule has 0 radical (unpaired) electrons. The number of rotatable bonds is 5. The van der Waals surface area contributed by atoms with E-state index >= 15 is 0 Å². The Hall–Kier alpha value is -3.60. The fourth-order valence-electron chi connectivity index (χ4n) is 5.38. The van der Waals surface area contributed by atoms with Crippen molar-refractivity contribution in [2.75, 3.05) is 25.0 Å². The van der Waals surface area contributed by atoms with Crippen molar-refractivity contribution in [3.8, 4) is 27.5 Å². The van der Waals surface area contributed by atoms with Gasteiger partial charge in [-0.25, -0.2) is 9.67 Å². The first kappa shape index (κ1) is 25.7. The molecule has 1 aromatic carbocycles. The molecular formula is C28H27ClN6O3S. The molecule has 6 rings (SSSR count). The average molecular weight is 563 g/mol. The molecule has 1 atom stereocenters. The fourth-order valence-corrected chi connectivity index (χ4v) is 6.75. The van der Waals surface area contributed by atoms with Gasteiger partial charge in [-0.3, -0.25) is 14.6 Å². The molecule has 2 aliphatic rings. The summed E-state index contributed by atoms with van der Waals surface area (Å²) >= 11 is 8.26. The summed E-state index contributed by atoms with van der Waals surface area (Å²) in [5, 5.41) is 18.3. The van der Waals surface area contributed by atoms with Crippen molar-refractivity contribution < 1.29 is 14.7 Å². The predicted octanol–water partition coefficient (Wildman–Crippen LogP) is 4.61. The monoisotopic (exact) mass is 562 g/mol. The van der Waals surface area contributed by atoms with Crippen molar-refractivity contribution >= 4 is 39.9 Å². The molecule has 1 saturated heterocycles. The van der Waals surface area contributed by atoms with Crippen molar-refractivity contribution in [3.63, 3.8) is 0 Å². The number of halogens is 1. The maximum absolute atomic E-state index is 13.3. The Labute approximate surface area is 234 Å². The largest absolute Gasteiger partial charge is 0.396 e. The number of aryl methyl sites for hydroxylation is 1. The maximum Gasteiger partial charge on any atom is 0.253 e. The van der Waals surface area contributed by atoms with Gasteiger partial charge < -0.3 is 15.3 Å². The third-order valence-electron chi connectivity index (χ3n) is 7.21. The van der Waals surface area contributed by atoms with Crippen LogP contribution in [0.15, 0.2) is 42.7 Å². The lowest BCUT2D eigenvalue weighted by molar-refractivity contribution is -0.114. The first-order valence-electron chi connectivity index (χ1n) is 12.9. The van der Waals surface area contributed by atoms with Crippen LogP contribution >= 0.6 is 22.9 Å². The SMILES string of the molecule is CC(=O)Nc1nc2c(s1)-c1c(c(-c3cccnc3)nn1-c1ccc(C(=O)N3CCCC(CO)C3)cc1Cl)CC2. The molecule has 0 bridgehead atoms. The number of thiazole rings is 1. The Morgan fingerprint density at radius 1 is 1.26 bits per heavy atom. The zero-order valence-electron chi connectivity index (χ0n) is 21.4. The molecule has 2 N–H and O–H groups in total. The topological polar surface area (TPSA) is 113 Å². The van der Waals surface area contributed by atoms with Crippen molar-refractivity contribution in [2.24, 2.45) is 5.92 Å². The molecule has 0 spiro atoms. The van der Waals surface area contributed by atoms with Crippen LogP contribution in [0.2, 0.25) is 5.02 Å². The quantitative estimate of drug-likeness (QED) is 0.367. The molecule has 4 aromatic rings. The number of nitrogens with one attached hydrogen (secondary N) is 1. The van der Waals surface area contributed by atoms with Gasteiger partial charge in [-0.15, -0.1) is 0 Å². The van der Waals surface area contributed by atoms with E-state index in [1.165, 1.54) is 18.3 Å². The molecule has 1 aliphatic carbocycles. The summed E-state index contributed by atoms with van der Waals surface area (Å²) in [6.07, 6.45) is 6.77. The normalized spacial score (nSPS) is 16.5. The number of carbonyl (C=O) groups is 2. The maximum atomic E-state index is 13.3. The van der Waals surface area contributed by atoms with E-state index in [9.17, 15) is 14.7 Å². The summed E-state index contributed by atoms with van der Waals surface area (Å²) in [4.78, 5) is 36.6. The van der Waals surface area contributed by atoms with Gasteiger partial charge in [0.2, 0.25) is 5.91 Å². The lowest BCUT2D eigenvalue weighted by atomic mass is 9.95. The molecule has 3 aromatic heterocycles. The summed E-state index contributed by atoms with van der Waals surface area (Å²) in [7, 11) is 0. The number of nitrogens with zero attached hydrogens (tertiary/aromatic N) is 5. The second-order valence-corrected chi connectivity index (χ2v) is 11.3. The summed E-state index contributed by atoms with van der Waals surface area (Å²) in [5.41, 5.74) is 5.71. The van der Waals surface area contributed by atoms with E-state index in [-0.39, 0.29) is 24.3 Å². The highest BCUT2D eigenvalue weighted by molar-refractivity contribution is 7.19. The third kappa shape index (κ3) is 4.84. The van der Waals surface area contributed by atoms with Crippen LogP contribution in [0.3, 0.4) is 0 Å². The molecule has 11 heteroatoms. The number of fused-ring (bicyclic) bond motifs is 3. The number of aliphatic hydroxyl groups excluding tert-OH is 1. The predicted molar refractivity (Wildman–Crippen MR) is 150 cm³/mol. The van der Waals surface area contributed by atoms with E-state index in [2.05, 4.69) is 15.3 Å². The lowest BCUT2D eigenvalue weighted by Gasteiger charge is -2.32. The number of hydrogen-bond acceptors (Lipinski definition) is 7. The number of benzene rings is 1. The highest BCUT2D eigenvalue weighted by Gasteiger charge is 2.31. The first-order chi connectivity index (χ1) is 18.9. The molecule has 4 heterocycles. The van der Waals surface area contributed by atoms with Crippen molar-refractivity contribution in [1.82, 2.24) is 24.6 Å². The second kappa shape index (κ2) is 10.5. The standard InChI is InChI=1S/C28H27ClN6O3S/c1-16(37)31-28-32-22-8-7-20-24(19-5-2-10-30-13-19)33-35(25(20)26(22)39-28)23-9-6-18(12-21(23)29)27(38)34-11-3-4-17(14-34)15-36/h2,5-6,9-10,12-13,17,36H,3-4,7-8,11,14-15H2,1H3,(H,31,32,37). The highest BCUT2D eigenvalue weighted by Crippen LogP contribution is 2.44. The third-order valence-corrected chi connectivity index (χ3v) is 8.54. The van der Waals surface area contributed by atoms with Gasteiger partial charge in [0, 0.05) is 55.7 Å². The van der Waals surface area contributed by atoms with Gasteiger partial charge in [0.15, 0.2) is 5.13 Å². The van der Waals surface area contributed by atoms with Crippen molar-refractivity contribution in [2.45, 2.75) is 32.6 Å². The van der Waals surface area contributed by atoms with Gasteiger partial charge in [-0.2, -0.15) is 5.10 Å². The van der Waals surface area contributed by atoms with Crippen LogP contribution in [0.25, 0.3) is 27.5 Å². The van der Waals surface area contributed by atoms with E-state index < -0.39 is 0 Å². The smallest absolute Gasteiger partial charge is 0.253 e. The zero-order valence-corrected chi connectivity index (χ0v) is 22.9. The summed E-state index contributed by atoms with van der Waals surface area (Å²) in [5.74, 6) is -0.159. The summed E-state index contributed by atoms with van der Waals surface area (Å²) < 4.78 is 1.82. The second-order valence-electron chi connectivity index (χ2n) is 9.91. The number of piperidine rings is 1. The fraction of sp³-hybridized carbons (Fsp3) is 0.321. The van der Waals surface area contributed by atoms with Crippen LogP contribution in [0, 0.1) is 5.92 Å². The van der Waals surface area contributed by atoms with Crippen LogP contribution in [0.5, 0.6) is 0 Å². The Bertz CT molecular complexity index is 1570. The van der Waals surface area contributed by atoms with E-state index in [0.717, 1.165) is 58.8 Å². The molecular weight excluding hydrogens is 536 g/mol. The van der Waals surface area contributed by atoms with Gasteiger partial charge in [-0.05, 0) is 61.9 Å². The van der Waals surface area contributed by atoms with Crippen LogP contribution in [0.1, 0.15) is 41.4 Å². The molecule has 1 aliphatic heterocycles. The van der Waals surface area contributed by atoms with Crippen molar-refractivity contribution in [1.29, 1.82) is 0 Å². The van der Waals surface area contributed by atoms with Gasteiger partial charge in [0.05, 0.1) is 32.7 Å². The highest BCUT2D eigenvalue weighted by atomic mass is 35.5. The number of likely N-dealkylation sites (tertiary alicyclic amines) is 1. The zero-order chi connectivity index (χ0) is 27.1. The molecule has 0 saturated carbocycles. The molecule has 200 valence electrons. The lowest BCUT2D eigenvalue weighted by Crippen LogP contribution is -2.40. The number of hydrogen-bond donors (Lipinski definition) is 2. The van der Waals surface area contributed by atoms with Gasteiger partial charge in [0.25, 0.3) is 5.91 Å².